The minimum atomic E-state index is 0.628. The molecule has 18 heavy (non-hydrogen) atoms. The van der Waals surface area contributed by atoms with E-state index in [0.29, 0.717) is 6.54 Å². The van der Waals surface area contributed by atoms with Gasteiger partial charge in [0.25, 0.3) is 0 Å². The van der Waals surface area contributed by atoms with Crippen molar-refractivity contribution in [1.29, 1.82) is 0 Å². The topological polar surface area (TPSA) is 56.7 Å². The van der Waals surface area contributed by atoms with Gasteiger partial charge in [-0.25, -0.2) is 0 Å². The Morgan fingerprint density at radius 2 is 2.22 bits per heavy atom. The summed E-state index contributed by atoms with van der Waals surface area (Å²) in [5, 5.41) is 8.45. The number of aromatic nitrogens is 4. The lowest BCUT2D eigenvalue weighted by molar-refractivity contribution is 0.370. The summed E-state index contributed by atoms with van der Waals surface area (Å²) in [7, 11) is 0. The van der Waals surface area contributed by atoms with Crippen molar-refractivity contribution in [3.63, 3.8) is 0 Å². The van der Waals surface area contributed by atoms with E-state index in [1.54, 1.807) is 0 Å². The van der Waals surface area contributed by atoms with E-state index in [1.165, 1.54) is 24.1 Å². The van der Waals surface area contributed by atoms with Crippen LogP contribution in [0.3, 0.4) is 0 Å². The molecule has 0 unspecified atom stereocenters. The molecule has 0 saturated carbocycles. The maximum atomic E-state index is 5.20. The summed E-state index contributed by atoms with van der Waals surface area (Å²) in [6, 6.07) is 0. The van der Waals surface area contributed by atoms with Crippen LogP contribution in [0.1, 0.15) is 49.2 Å². The van der Waals surface area contributed by atoms with Gasteiger partial charge >= 0.3 is 0 Å². The van der Waals surface area contributed by atoms with Crippen LogP contribution < -0.4 is 0 Å². The first-order valence-electron chi connectivity index (χ1n) is 6.72. The highest BCUT2D eigenvalue weighted by Crippen LogP contribution is 2.21. The second kappa shape index (κ2) is 4.92. The number of aryl methyl sites for hydroxylation is 2. The summed E-state index contributed by atoms with van der Waals surface area (Å²) >= 11 is 0. The first-order valence-corrected chi connectivity index (χ1v) is 6.72. The summed E-state index contributed by atoms with van der Waals surface area (Å²) in [5.41, 5.74) is 2.74. The largest absolute Gasteiger partial charge is 0.339 e. The zero-order valence-corrected chi connectivity index (χ0v) is 10.7. The molecular weight excluding hydrogens is 228 g/mol. The Morgan fingerprint density at radius 3 is 3.11 bits per heavy atom. The van der Waals surface area contributed by atoms with E-state index in [2.05, 4.69) is 22.2 Å². The van der Waals surface area contributed by atoms with E-state index in [4.69, 9.17) is 4.52 Å². The van der Waals surface area contributed by atoms with Crippen LogP contribution in [0.15, 0.2) is 10.7 Å². The van der Waals surface area contributed by atoms with E-state index >= 15 is 0 Å². The monoisotopic (exact) mass is 246 g/mol. The number of hydrogen-bond donors (Lipinski definition) is 0. The number of fused-ring (bicyclic) bond motifs is 1. The molecule has 0 amide bonds. The zero-order valence-electron chi connectivity index (χ0n) is 10.7. The maximum absolute atomic E-state index is 5.20. The zero-order chi connectivity index (χ0) is 12.4. The number of hydrogen-bond acceptors (Lipinski definition) is 4. The van der Waals surface area contributed by atoms with Crippen LogP contribution in [0.25, 0.3) is 0 Å². The van der Waals surface area contributed by atoms with E-state index in [9.17, 15) is 0 Å². The van der Waals surface area contributed by atoms with Gasteiger partial charge < -0.3 is 4.52 Å². The molecule has 0 radical (unpaired) electrons. The van der Waals surface area contributed by atoms with Crippen molar-refractivity contribution >= 4 is 0 Å². The van der Waals surface area contributed by atoms with Crippen molar-refractivity contribution in [2.75, 3.05) is 0 Å². The third-order valence-electron chi connectivity index (χ3n) is 3.41. The average molecular weight is 246 g/mol. The van der Waals surface area contributed by atoms with Gasteiger partial charge in [0.1, 0.15) is 6.54 Å². The molecule has 1 aliphatic rings. The normalized spacial score (nSPS) is 14.7. The molecular formula is C13H18N4O. The summed E-state index contributed by atoms with van der Waals surface area (Å²) in [6.45, 7) is 2.73. The van der Waals surface area contributed by atoms with Gasteiger partial charge in [0.05, 0.1) is 6.20 Å². The van der Waals surface area contributed by atoms with Crippen molar-refractivity contribution < 1.29 is 4.52 Å². The van der Waals surface area contributed by atoms with Crippen LogP contribution in [0, 0.1) is 0 Å². The van der Waals surface area contributed by atoms with Crippen molar-refractivity contribution in [3.8, 4) is 0 Å². The van der Waals surface area contributed by atoms with Crippen LogP contribution in [-0.2, 0) is 25.8 Å². The van der Waals surface area contributed by atoms with Crippen LogP contribution >= 0.6 is 0 Å². The Bertz CT molecular complexity index is 529. The first kappa shape index (κ1) is 11.4. The Morgan fingerprint density at radius 1 is 1.33 bits per heavy atom. The summed E-state index contributed by atoms with van der Waals surface area (Å²) < 4.78 is 7.22. The van der Waals surface area contributed by atoms with Gasteiger partial charge in [-0.15, -0.1) is 0 Å². The number of rotatable bonds is 4. The van der Waals surface area contributed by atoms with E-state index in [1.807, 2.05) is 10.9 Å². The molecule has 0 fully saturated rings. The fourth-order valence-corrected chi connectivity index (χ4v) is 2.50. The summed E-state index contributed by atoms with van der Waals surface area (Å²) in [4.78, 5) is 4.39. The SMILES string of the molecule is CCCc1nc(Cn2ncc3c2CCCC3)no1. The Hall–Kier alpha value is -1.65. The third-order valence-corrected chi connectivity index (χ3v) is 3.41. The summed E-state index contributed by atoms with van der Waals surface area (Å²) in [5.74, 6) is 1.46. The van der Waals surface area contributed by atoms with Crippen LogP contribution in [0.4, 0.5) is 0 Å². The molecule has 0 saturated heterocycles. The van der Waals surface area contributed by atoms with Gasteiger partial charge in [0, 0.05) is 12.1 Å². The first-order chi connectivity index (χ1) is 8.86. The molecule has 2 aromatic heterocycles. The Kier molecular flexibility index (Phi) is 3.13. The third kappa shape index (κ3) is 2.17. The molecule has 3 rings (SSSR count). The van der Waals surface area contributed by atoms with Gasteiger partial charge in [-0.3, -0.25) is 4.68 Å². The fourth-order valence-electron chi connectivity index (χ4n) is 2.50. The molecule has 96 valence electrons. The molecule has 0 spiro atoms. The Balaban J connectivity index is 1.77. The van der Waals surface area contributed by atoms with Crippen molar-refractivity contribution in [2.24, 2.45) is 0 Å². The minimum Gasteiger partial charge on any atom is -0.339 e. The predicted molar refractivity (Wildman–Crippen MR) is 66.3 cm³/mol. The average Bonchev–Trinajstić information content (AvgIpc) is 2.99. The van der Waals surface area contributed by atoms with Crippen molar-refractivity contribution in [1.82, 2.24) is 19.9 Å². The number of nitrogens with zero attached hydrogens (tertiary/aromatic N) is 4. The second-order valence-corrected chi connectivity index (χ2v) is 4.84. The lowest BCUT2D eigenvalue weighted by Crippen LogP contribution is -2.11. The minimum absolute atomic E-state index is 0.628. The predicted octanol–water partition coefficient (Wildman–Crippen LogP) is 2.15. The van der Waals surface area contributed by atoms with Crippen molar-refractivity contribution in [3.05, 3.63) is 29.2 Å². The molecule has 1 aliphatic carbocycles. The lowest BCUT2D eigenvalue weighted by atomic mass is 9.98. The highest BCUT2D eigenvalue weighted by Gasteiger charge is 2.16. The van der Waals surface area contributed by atoms with Gasteiger partial charge in [-0.2, -0.15) is 10.1 Å². The molecule has 0 N–H and O–H groups in total. The highest BCUT2D eigenvalue weighted by molar-refractivity contribution is 5.21. The maximum Gasteiger partial charge on any atom is 0.226 e. The van der Waals surface area contributed by atoms with Crippen molar-refractivity contribution in [2.45, 2.75) is 52.0 Å². The molecule has 0 aromatic carbocycles. The van der Waals surface area contributed by atoms with Gasteiger partial charge in [-0.1, -0.05) is 12.1 Å². The fraction of sp³-hybridized carbons (Fsp3) is 0.615. The van der Waals surface area contributed by atoms with Gasteiger partial charge in [0.2, 0.25) is 5.89 Å². The molecule has 2 heterocycles. The standard InChI is InChI=1S/C13H18N4O/c1-2-5-13-15-12(16-18-13)9-17-11-7-4-3-6-10(11)8-14-17/h8H,2-7,9H2,1H3. The lowest BCUT2D eigenvalue weighted by Gasteiger charge is -2.12. The van der Waals surface area contributed by atoms with Crippen LogP contribution in [-0.4, -0.2) is 19.9 Å². The quantitative estimate of drug-likeness (QED) is 0.829. The molecule has 0 aliphatic heterocycles. The molecule has 0 bridgehead atoms. The van der Waals surface area contributed by atoms with Crippen LogP contribution in [0.2, 0.25) is 0 Å². The smallest absolute Gasteiger partial charge is 0.226 e. The molecule has 0 atom stereocenters. The second-order valence-electron chi connectivity index (χ2n) is 4.84. The molecule has 5 heteroatoms. The highest BCUT2D eigenvalue weighted by atomic mass is 16.5. The Labute approximate surface area is 106 Å². The van der Waals surface area contributed by atoms with Crippen LogP contribution in [0.5, 0.6) is 0 Å². The molecule has 2 aromatic rings. The van der Waals surface area contributed by atoms with Gasteiger partial charge in [0.15, 0.2) is 5.82 Å². The summed E-state index contributed by atoms with van der Waals surface area (Å²) in [6.07, 6.45) is 8.68. The van der Waals surface area contributed by atoms with E-state index in [0.717, 1.165) is 37.4 Å². The molecule has 5 nitrogen and oxygen atoms in total. The van der Waals surface area contributed by atoms with E-state index < -0.39 is 0 Å². The van der Waals surface area contributed by atoms with Gasteiger partial charge in [-0.05, 0) is 37.7 Å². The van der Waals surface area contributed by atoms with E-state index in [-0.39, 0.29) is 0 Å².